The molecule has 0 aliphatic carbocycles. The molecule has 0 saturated carbocycles. The van der Waals surface area contributed by atoms with E-state index in [2.05, 4.69) is 4.98 Å². The highest BCUT2D eigenvalue weighted by atomic mass is 19.4. The van der Waals surface area contributed by atoms with Crippen molar-refractivity contribution in [2.75, 3.05) is 14.1 Å². The van der Waals surface area contributed by atoms with E-state index in [1.807, 2.05) is 0 Å². The summed E-state index contributed by atoms with van der Waals surface area (Å²) in [5.41, 5.74) is -0.917. The Hall–Kier alpha value is -1.53. The maximum Gasteiger partial charge on any atom is 0.511 e. The van der Waals surface area contributed by atoms with Crippen molar-refractivity contribution < 1.29 is 17.7 Å². The van der Waals surface area contributed by atoms with Gasteiger partial charge in [-0.3, -0.25) is 9.78 Å². The molecule has 0 atom stereocenters. The van der Waals surface area contributed by atoms with Gasteiger partial charge in [-0.1, -0.05) is 11.5 Å². The second-order valence-corrected chi connectivity index (χ2v) is 3.28. The SMILES string of the molecule is CN(C)C(=O)c1cncc([B-](F)(F)F)c1. The molecule has 0 unspecified atom stereocenters. The standard InChI is InChI=1S/C8H9BF3N2O/c1-14(2)8(15)6-3-7(5-13-4-6)9(10,11)12/h3-5H,1-2H3/q-1. The average molecular weight is 217 g/mol. The number of carbonyl (C=O) groups excluding carboxylic acids is 1. The summed E-state index contributed by atoms with van der Waals surface area (Å²) in [5, 5.41) is 0. The molecule has 15 heavy (non-hydrogen) atoms. The molecule has 0 radical (unpaired) electrons. The number of rotatable bonds is 2. The first-order valence-electron chi connectivity index (χ1n) is 4.19. The summed E-state index contributed by atoms with van der Waals surface area (Å²) in [6.07, 6.45) is 1.83. The molecule has 0 aliphatic rings. The van der Waals surface area contributed by atoms with Gasteiger partial charge in [0.2, 0.25) is 0 Å². The first-order chi connectivity index (χ1) is 6.82. The van der Waals surface area contributed by atoms with Crippen molar-refractivity contribution in [1.29, 1.82) is 0 Å². The Morgan fingerprint density at radius 3 is 2.40 bits per heavy atom. The van der Waals surface area contributed by atoms with Crippen molar-refractivity contribution in [1.82, 2.24) is 9.88 Å². The fourth-order valence-electron chi connectivity index (χ4n) is 1.01. The van der Waals surface area contributed by atoms with Gasteiger partial charge in [-0.2, -0.15) is 0 Å². The molecule has 0 saturated heterocycles. The first-order valence-corrected chi connectivity index (χ1v) is 4.19. The molecule has 0 aliphatic heterocycles. The van der Waals surface area contributed by atoms with E-state index in [-0.39, 0.29) is 5.56 Å². The van der Waals surface area contributed by atoms with Gasteiger partial charge in [0.15, 0.2) is 0 Å². The van der Waals surface area contributed by atoms with Crippen LogP contribution < -0.4 is 5.46 Å². The zero-order valence-electron chi connectivity index (χ0n) is 8.25. The molecule has 0 fully saturated rings. The Morgan fingerprint density at radius 1 is 1.33 bits per heavy atom. The summed E-state index contributed by atoms with van der Waals surface area (Å²) in [4.78, 5) is 16.0. The summed E-state index contributed by atoms with van der Waals surface area (Å²) in [5.74, 6) is -0.496. The highest BCUT2D eigenvalue weighted by Crippen LogP contribution is 2.09. The van der Waals surface area contributed by atoms with Gasteiger partial charge in [-0.25, -0.2) is 0 Å². The lowest BCUT2D eigenvalue weighted by molar-refractivity contribution is 0.0827. The summed E-state index contributed by atoms with van der Waals surface area (Å²) in [6.45, 7) is -5.11. The third-order valence-corrected chi connectivity index (χ3v) is 1.79. The van der Waals surface area contributed by atoms with E-state index in [0.29, 0.717) is 6.20 Å². The lowest BCUT2D eigenvalue weighted by Gasteiger charge is -2.16. The third-order valence-electron chi connectivity index (χ3n) is 1.79. The van der Waals surface area contributed by atoms with Gasteiger partial charge in [0.25, 0.3) is 5.91 Å². The van der Waals surface area contributed by atoms with Crippen LogP contribution in [0.3, 0.4) is 0 Å². The zero-order valence-corrected chi connectivity index (χ0v) is 8.25. The minimum Gasteiger partial charge on any atom is -0.445 e. The lowest BCUT2D eigenvalue weighted by Crippen LogP contribution is -2.35. The van der Waals surface area contributed by atoms with Crippen LogP contribution in [0.4, 0.5) is 12.9 Å². The second-order valence-electron chi connectivity index (χ2n) is 3.28. The molecule has 1 aromatic rings. The third kappa shape index (κ3) is 2.71. The molecular weight excluding hydrogens is 208 g/mol. The number of pyridine rings is 1. The Morgan fingerprint density at radius 2 is 1.93 bits per heavy atom. The normalized spacial score (nSPS) is 11.3. The van der Waals surface area contributed by atoms with Crippen LogP contribution in [-0.2, 0) is 0 Å². The van der Waals surface area contributed by atoms with Crippen LogP contribution in [0.1, 0.15) is 10.4 Å². The van der Waals surface area contributed by atoms with E-state index in [4.69, 9.17) is 0 Å². The Labute approximate surface area is 85.0 Å². The molecule has 1 heterocycles. The number of halogens is 3. The van der Waals surface area contributed by atoms with Gasteiger partial charge in [0.05, 0.1) is 5.56 Å². The summed E-state index contributed by atoms with van der Waals surface area (Å²) in [6, 6.07) is 0.815. The number of nitrogens with zero attached hydrogens (tertiary/aromatic N) is 2. The maximum absolute atomic E-state index is 12.3. The number of amides is 1. The lowest BCUT2D eigenvalue weighted by atomic mass is 9.81. The van der Waals surface area contributed by atoms with Gasteiger partial charge in [0.1, 0.15) is 0 Å². The van der Waals surface area contributed by atoms with Crippen LogP contribution in [-0.4, -0.2) is 36.9 Å². The van der Waals surface area contributed by atoms with Crippen molar-refractivity contribution in [3.63, 3.8) is 0 Å². The number of hydrogen-bond acceptors (Lipinski definition) is 2. The van der Waals surface area contributed by atoms with E-state index in [9.17, 15) is 17.7 Å². The highest BCUT2D eigenvalue weighted by molar-refractivity contribution is 6.73. The molecule has 0 N–H and O–H groups in total. The molecule has 1 aromatic heterocycles. The van der Waals surface area contributed by atoms with Gasteiger partial charge in [-0.05, 0) is 6.20 Å². The Kier molecular flexibility index (Phi) is 3.02. The van der Waals surface area contributed by atoms with Crippen LogP contribution in [0.15, 0.2) is 18.5 Å². The molecule has 1 rings (SSSR count). The average Bonchev–Trinajstić information content (AvgIpc) is 2.15. The first kappa shape index (κ1) is 11.5. The fraction of sp³-hybridized carbons (Fsp3) is 0.250. The van der Waals surface area contributed by atoms with Crippen molar-refractivity contribution in [2.45, 2.75) is 0 Å². The summed E-state index contributed by atoms with van der Waals surface area (Å²) >= 11 is 0. The van der Waals surface area contributed by atoms with E-state index in [1.54, 1.807) is 0 Å². The number of aromatic nitrogens is 1. The van der Waals surface area contributed by atoms with Crippen LogP contribution >= 0.6 is 0 Å². The van der Waals surface area contributed by atoms with Crippen molar-refractivity contribution in [3.8, 4) is 0 Å². The van der Waals surface area contributed by atoms with Crippen LogP contribution in [0.25, 0.3) is 0 Å². The zero-order chi connectivity index (χ0) is 11.6. The molecule has 82 valence electrons. The van der Waals surface area contributed by atoms with E-state index < -0.39 is 18.3 Å². The monoisotopic (exact) mass is 217 g/mol. The minimum atomic E-state index is -5.11. The van der Waals surface area contributed by atoms with Gasteiger partial charge < -0.3 is 17.8 Å². The van der Waals surface area contributed by atoms with Crippen LogP contribution in [0, 0.1) is 0 Å². The Balaban J connectivity index is 3.09. The van der Waals surface area contributed by atoms with Crippen molar-refractivity contribution >= 4 is 18.3 Å². The van der Waals surface area contributed by atoms with Gasteiger partial charge in [-0.15, -0.1) is 0 Å². The molecule has 7 heteroatoms. The number of carbonyl (C=O) groups is 1. The van der Waals surface area contributed by atoms with Crippen LogP contribution in [0.5, 0.6) is 0 Å². The largest absolute Gasteiger partial charge is 0.511 e. The van der Waals surface area contributed by atoms with Crippen molar-refractivity contribution in [2.24, 2.45) is 0 Å². The predicted molar refractivity (Wildman–Crippen MR) is 51.0 cm³/mol. The van der Waals surface area contributed by atoms with Gasteiger partial charge in [0, 0.05) is 20.3 Å². The van der Waals surface area contributed by atoms with E-state index >= 15 is 0 Å². The fourth-order valence-corrected chi connectivity index (χ4v) is 1.01. The number of hydrogen-bond donors (Lipinski definition) is 0. The highest BCUT2D eigenvalue weighted by Gasteiger charge is 2.26. The van der Waals surface area contributed by atoms with E-state index in [0.717, 1.165) is 12.3 Å². The molecule has 3 nitrogen and oxygen atoms in total. The molecule has 0 bridgehead atoms. The Bertz CT molecular complexity index is 378. The quantitative estimate of drug-likeness (QED) is 0.687. The molecule has 0 spiro atoms. The molecule has 1 amide bonds. The summed E-state index contributed by atoms with van der Waals surface area (Å²) in [7, 11) is 2.93. The molecular formula is C8H9BF3N2O-. The molecule has 0 aromatic carbocycles. The van der Waals surface area contributed by atoms with Crippen LogP contribution in [0.2, 0.25) is 0 Å². The van der Waals surface area contributed by atoms with Crippen molar-refractivity contribution in [3.05, 3.63) is 24.0 Å². The van der Waals surface area contributed by atoms with Gasteiger partial charge >= 0.3 is 6.98 Å². The smallest absolute Gasteiger partial charge is 0.445 e. The van der Waals surface area contributed by atoms with E-state index in [1.165, 1.54) is 19.0 Å². The minimum absolute atomic E-state index is 0.0586. The maximum atomic E-state index is 12.3. The predicted octanol–water partition coefficient (Wildman–Crippen LogP) is 0.838. The summed E-state index contributed by atoms with van der Waals surface area (Å²) < 4.78 is 37.0. The second kappa shape index (κ2) is 3.92. The topological polar surface area (TPSA) is 33.2 Å².